The summed E-state index contributed by atoms with van der Waals surface area (Å²) >= 11 is 0. The highest BCUT2D eigenvalue weighted by molar-refractivity contribution is 5.76. The summed E-state index contributed by atoms with van der Waals surface area (Å²) in [7, 11) is 0. The highest BCUT2D eigenvalue weighted by atomic mass is 16.5. The molecule has 0 heterocycles. The van der Waals surface area contributed by atoms with E-state index in [-0.39, 0.29) is 32.0 Å². The quantitative estimate of drug-likeness (QED) is 0.136. The van der Waals surface area contributed by atoms with Crippen LogP contribution in [0.5, 0.6) is 0 Å². The number of carbonyl (C=O) groups excluding carboxylic acids is 1. The van der Waals surface area contributed by atoms with Gasteiger partial charge in [-0.15, -0.1) is 0 Å². The molecule has 0 fully saturated rings. The van der Waals surface area contributed by atoms with E-state index in [0.29, 0.717) is 65.9 Å². The van der Waals surface area contributed by atoms with E-state index in [1.54, 1.807) is 4.90 Å². The third-order valence-electron chi connectivity index (χ3n) is 3.26. The van der Waals surface area contributed by atoms with E-state index in [1.165, 1.54) is 0 Å². The first-order valence-electron chi connectivity index (χ1n) is 9.06. The van der Waals surface area contributed by atoms with Crippen molar-refractivity contribution >= 4 is 5.91 Å². The predicted molar refractivity (Wildman–Crippen MR) is 102 cm³/mol. The zero-order valence-corrected chi connectivity index (χ0v) is 16.1. The van der Waals surface area contributed by atoms with Crippen molar-refractivity contribution in [2.75, 3.05) is 85.6 Å². The molecule has 0 aliphatic heterocycles. The Labute approximate surface area is 164 Å². The Hall–Kier alpha value is -2.11. The molecule has 0 aromatic carbocycles. The molecule has 0 radical (unpaired) electrons. The summed E-state index contributed by atoms with van der Waals surface area (Å²) in [5, 5.41) is 6.74. The van der Waals surface area contributed by atoms with E-state index < -0.39 is 0 Å². The average molecular weight is 402 g/mol. The van der Waals surface area contributed by atoms with E-state index in [0.717, 1.165) is 0 Å². The van der Waals surface area contributed by atoms with Crippen LogP contribution in [0.3, 0.4) is 0 Å². The van der Waals surface area contributed by atoms with Crippen molar-refractivity contribution in [1.82, 2.24) is 4.90 Å². The van der Waals surface area contributed by atoms with Crippen molar-refractivity contribution in [3.8, 4) is 0 Å². The van der Waals surface area contributed by atoms with Gasteiger partial charge in [-0.3, -0.25) is 4.79 Å². The molecule has 0 saturated heterocycles. The summed E-state index contributed by atoms with van der Waals surface area (Å²) in [5.74, 6) is -0.0832. The van der Waals surface area contributed by atoms with Crippen LogP contribution in [0.15, 0.2) is 10.2 Å². The standard InChI is InChI=1S/C15H30N8O5/c16-2-8-26-14-13-25-7-1-15(24)23(5-11-27-9-3-19-21-17)6-12-28-10-4-20-22-18/h1-14,16H2. The molecule has 0 rings (SSSR count). The van der Waals surface area contributed by atoms with Gasteiger partial charge >= 0.3 is 0 Å². The molecule has 0 aliphatic carbocycles. The van der Waals surface area contributed by atoms with Crippen molar-refractivity contribution in [3.05, 3.63) is 20.9 Å². The second-order valence-corrected chi connectivity index (χ2v) is 5.28. The van der Waals surface area contributed by atoms with Gasteiger partial charge in [-0.25, -0.2) is 0 Å². The Kier molecular flexibility index (Phi) is 19.6. The normalized spacial score (nSPS) is 10.2. The lowest BCUT2D eigenvalue weighted by Gasteiger charge is -2.22. The lowest BCUT2D eigenvalue weighted by molar-refractivity contribution is -0.134. The van der Waals surface area contributed by atoms with Gasteiger partial charge in [0.15, 0.2) is 0 Å². The molecule has 28 heavy (non-hydrogen) atoms. The fourth-order valence-electron chi connectivity index (χ4n) is 1.94. The van der Waals surface area contributed by atoms with Gasteiger partial charge in [0.25, 0.3) is 0 Å². The van der Waals surface area contributed by atoms with Crippen LogP contribution >= 0.6 is 0 Å². The topological polar surface area (TPSA) is 181 Å². The molecule has 160 valence electrons. The monoisotopic (exact) mass is 402 g/mol. The molecule has 0 saturated carbocycles. The van der Waals surface area contributed by atoms with Crippen molar-refractivity contribution in [1.29, 1.82) is 0 Å². The second kappa shape index (κ2) is 21.2. The summed E-state index contributed by atoms with van der Waals surface area (Å²) < 4.78 is 21.2. The maximum Gasteiger partial charge on any atom is 0.225 e. The molecule has 0 unspecified atom stereocenters. The Morgan fingerprint density at radius 1 is 0.786 bits per heavy atom. The molecule has 0 spiro atoms. The molecule has 1 amide bonds. The van der Waals surface area contributed by atoms with Gasteiger partial charge in [0.2, 0.25) is 5.91 Å². The Bertz CT molecular complexity index is 455. The van der Waals surface area contributed by atoms with Crippen molar-refractivity contribution in [2.45, 2.75) is 6.42 Å². The van der Waals surface area contributed by atoms with Gasteiger partial charge in [0.05, 0.1) is 59.3 Å². The van der Waals surface area contributed by atoms with Crippen LogP contribution in [-0.2, 0) is 23.7 Å². The number of nitrogens with two attached hydrogens (primary N) is 1. The van der Waals surface area contributed by atoms with E-state index in [2.05, 4.69) is 20.1 Å². The predicted octanol–water partition coefficient (Wildman–Crippen LogP) is 0.851. The number of nitrogens with zero attached hydrogens (tertiary/aromatic N) is 7. The molecule has 0 atom stereocenters. The summed E-state index contributed by atoms with van der Waals surface area (Å²) in [4.78, 5) is 19.3. The SMILES string of the molecule is [N-]=[N+]=NCCOCCN(CCOCCN=[N+]=[N-])C(=O)CCOCCOCCN. The summed E-state index contributed by atoms with van der Waals surface area (Å²) in [5.41, 5.74) is 21.7. The van der Waals surface area contributed by atoms with Crippen LogP contribution in [0.25, 0.3) is 20.9 Å². The van der Waals surface area contributed by atoms with Gasteiger partial charge in [-0.2, -0.15) is 0 Å². The molecular weight excluding hydrogens is 372 g/mol. The Morgan fingerprint density at radius 3 is 1.79 bits per heavy atom. The summed E-state index contributed by atoms with van der Waals surface area (Å²) in [6.45, 7) is 4.55. The van der Waals surface area contributed by atoms with E-state index >= 15 is 0 Å². The second-order valence-electron chi connectivity index (χ2n) is 5.28. The van der Waals surface area contributed by atoms with Crippen LogP contribution < -0.4 is 5.73 Å². The van der Waals surface area contributed by atoms with Gasteiger partial charge in [0.1, 0.15) is 0 Å². The molecule has 0 aromatic heterocycles. The number of rotatable bonds is 20. The van der Waals surface area contributed by atoms with E-state index in [9.17, 15) is 4.79 Å². The lowest BCUT2D eigenvalue weighted by Crippen LogP contribution is -2.37. The third kappa shape index (κ3) is 17.3. The fraction of sp³-hybridized carbons (Fsp3) is 0.933. The van der Waals surface area contributed by atoms with Crippen LogP contribution in [0.4, 0.5) is 0 Å². The van der Waals surface area contributed by atoms with Gasteiger partial charge in [-0.1, -0.05) is 10.2 Å². The Balaban J connectivity index is 4.10. The molecule has 13 nitrogen and oxygen atoms in total. The first-order valence-corrected chi connectivity index (χ1v) is 9.06. The van der Waals surface area contributed by atoms with E-state index in [4.69, 9.17) is 35.7 Å². The minimum Gasteiger partial charge on any atom is -0.379 e. The van der Waals surface area contributed by atoms with Crippen molar-refractivity contribution in [2.24, 2.45) is 16.0 Å². The van der Waals surface area contributed by atoms with Gasteiger partial charge < -0.3 is 29.6 Å². The smallest absolute Gasteiger partial charge is 0.225 e. The minimum atomic E-state index is -0.0832. The van der Waals surface area contributed by atoms with Crippen LogP contribution in [0, 0.1) is 0 Å². The molecule has 0 bridgehead atoms. The highest BCUT2D eigenvalue weighted by Crippen LogP contribution is 1.97. The zero-order chi connectivity index (χ0) is 20.7. The Morgan fingerprint density at radius 2 is 1.29 bits per heavy atom. The molecule has 2 N–H and O–H groups in total. The number of ether oxygens (including phenoxy) is 4. The minimum absolute atomic E-state index is 0.0832. The van der Waals surface area contributed by atoms with Crippen molar-refractivity contribution < 1.29 is 23.7 Å². The first-order chi connectivity index (χ1) is 13.8. The van der Waals surface area contributed by atoms with Crippen LogP contribution in [0.1, 0.15) is 6.42 Å². The largest absolute Gasteiger partial charge is 0.379 e. The highest BCUT2D eigenvalue weighted by Gasteiger charge is 2.13. The van der Waals surface area contributed by atoms with E-state index in [1.807, 2.05) is 0 Å². The summed E-state index contributed by atoms with van der Waals surface area (Å²) in [6.07, 6.45) is 0.230. The lowest BCUT2D eigenvalue weighted by atomic mass is 10.3. The number of carbonyl (C=O) groups is 1. The van der Waals surface area contributed by atoms with Gasteiger partial charge in [-0.05, 0) is 11.1 Å². The first kappa shape index (κ1) is 25.9. The number of hydrogen-bond donors (Lipinski definition) is 1. The molecule has 0 aromatic rings. The summed E-state index contributed by atoms with van der Waals surface area (Å²) in [6, 6.07) is 0. The maximum atomic E-state index is 12.4. The number of azide groups is 2. The average Bonchev–Trinajstić information content (AvgIpc) is 2.70. The molecule has 0 aliphatic rings. The molecular formula is C15H30N8O5. The fourth-order valence-corrected chi connectivity index (χ4v) is 1.94. The number of amides is 1. The van der Waals surface area contributed by atoms with Crippen molar-refractivity contribution in [3.63, 3.8) is 0 Å². The zero-order valence-electron chi connectivity index (χ0n) is 16.1. The molecule has 13 heteroatoms. The maximum absolute atomic E-state index is 12.4. The van der Waals surface area contributed by atoms with Crippen LogP contribution in [-0.4, -0.2) is 96.4 Å². The number of hydrogen-bond acceptors (Lipinski definition) is 8. The third-order valence-corrected chi connectivity index (χ3v) is 3.26. The van der Waals surface area contributed by atoms with Crippen LogP contribution in [0.2, 0.25) is 0 Å². The van der Waals surface area contributed by atoms with Gasteiger partial charge in [0, 0.05) is 42.5 Å².